The van der Waals surface area contributed by atoms with Crippen molar-refractivity contribution in [3.63, 3.8) is 0 Å². The highest BCUT2D eigenvalue weighted by Crippen LogP contribution is 2.58. The van der Waals surface area contributed by atoms with Gasteiger partial charge >= 0.3 is 12.5 Å². The summed E-state index contributed by atoms with van der Waals surface area (Å²) in [4.78, 5) is 3.89. The Bertz CT molecular complexity index is 1030. The lowest BCUT2D eigenvalue weighted by Gasteiger charge is -2.15. The maximum atomic E-state index is 13.7. The van der Waals surface area contributed by atoms with Crippen molar-refractivity contribution in [3.05, 3.63) is 77.6 Å². The number of nitrogens with zero attached hydrogens (tertiary/aromatic N) is 1. The molecule has 1 unspecified atom stereocenters. The molecule has 1 atom stereocenters. The Morgan fingerprint density at radius 1 is 0.897 bits per heavy atom. The molecule has 2 aromatic carbocycles. The third-order valence-electron chi connectivity index (χ3n) is 4.43. The Labute approximate surface area is 161 Å². The number of aromatic nitrogens is 1. The van der Waals surface area contributed by atoms with Crippen molar-refractivity contribution in [2.24, 2.45) is 0 Å². The van der Waals surface area contributed by atoms with E-state index in [9.17, 15) is 26.3 Å². The van der Waals surface area contributed by atoms with Crippen molar-refractivity contribution in [3.8, 4) is 16.9 Å². The van der Waals surface area contributed by atoms with Crippen LogP contribution in [-0.2, 0) is 6.18 Å². The molecule has 0 bridgehead atoms. The van der Waals surface area contributed by atoms with E-state index in [1.54, 1.807) is 30.3 Å². The van der Waals surface area contributed by atoms with Crippen LogP contribution in [0.25, 0.3) is 11.1 Å². The normalized spacial score (nSPS) is 15.6. The topological polar surface area (TPSA) is 34.1 Å². The first kappa shape index (κ1) is 19.1. The molecule has 29 heavy (non-hydrogen) atoms. The van der Waals surface area contributed by atoms with Crippen molar-refractivity contribution >= 4 is 5.69 Å². The summed E-state index contributed by atoms with van der Waals surface area (Å²) < 4.78 is 83.6. The predicted octanol–water partition coefficient (Wildman–Crippen LogP) is 6.18. The van der Waals surface area contributed by atoms with E-state index in [-0.39, 0.29) is 22.3 Å². The molecule has 3 aromatic rings. The molecule has 150 valence electrons. The SMILES string of the molecule is FC(F)(F)Oc1cc(C(F)(F)F)c(-c2ccccc2)c2c1C2Nc1cccnc1. The minimum atomic E-state index is -5.12. The quantitative estimate of drug-likeness (QED) is 0.522. The van der Waals surface area contributed by atoms with E-state index in [2.05, 4.69) is 15.0 Å². The molecule has 1 N–H and O–H groups in total. The number of ether oxygens (including phenoxy) is 1. The van der Waals surface area contributed by atoms with Gasteiger partial charge in [-0.25, -0.2) is 0 Å². The van der Waals surface area contributed by atoms with Gasteiger partial charge in [0.2, 0.25) is 0 Å². The number of hydrogen-bond acceptors (Lipinski definition) is 3. The van der Waals surface area contributed by atoms with E-state index < -0.39 is 29.9 Å². The van der Waals surface area contributed by atoms with Crippen LogP contribution in [-0.4, -0.2) is 11.3 Å². The molecule has 0 saturated heterocycles. The number of anilines is 1. The Hall–Kier alpha value is -3.23. The van der Waals surface area contributed by atoms with Gasteiger partial charge in [0.1, 0.15) is 5.75 Å². The summed E-state index contributed by atoms with van der Waals surface area (Å²) >= 11 is 0. The molecule has 0 aliphatic heterocycles. The standard InChI is InChI=1S/C20H12F6N2O/c21-19(22,23)13-9-14(29-20(24,25)26)16-17(15(13)11-5-2-1-3-6-11)18(16)28-12-7-4-8-27-10-12/h1-10,18,28H. The predicted molar refractivity (Wildman–Crippen MR) is 93.3 cm³/mol. The fraction of sp³-hybridized carbons (Fsp3) is 0.150. The molecule has 3 nitrogen and oxygen atoms in total. The molecule has 0 radical (unpaired) electrons. The van der Waals surface area contributed by atoms with Crippen LogP contribution in [0.1, 0.15) is 22.7 Å². The molecule has 1 aliphatic rings. The van der Waals surface area contributed by atoms with Gasteiger partial charge in [-0.2, -0.15) is 13.2 Å². The van der Waals surface area contributed by atoms with Crippen LogP contribution < -0.4 is 10.1 Å². The Morgan fingerprint density at radius 2 is 1.62 bits per heavy atom. The Morgan fingerprint density at radius 3 is 2.21 bits per heavy atom. The van der Waals surface area contributed by atoms with E-state index in [0.29, 0.717) is 11.8 Å². The average Bonchev–Trinajstić information content (AvgIpc) is 3.35. The number of nitrogens with one attached hydrogen (secondary N) is 1. The van der Waals surface area contributed by atoms with E-state index in [1.165, 1.54) is 24.5 Å². The van der Waals surface area contributed by atoms with Gasteiger partial charge in [-0.05, 0) is 29.3 Å². The zero-order valence-electron chi connectivity index (χ0n) is 14.5. The number of halogens is 6. The minimum absolute atomic E-state index is 0.0398. The van der Waals surface area contributed by atoms with Gasteiger partial charge in [-0.15, -0.1) is 13.2 Å². The third-order valence-corrected chi connectivity index (χ3v) is 4.43. The van der Waals surface area contributed by atoms with Crippen molar-refractivity contribution < 1.29 is 31.1 Å². The molecule has 0 spiro atoms. The zero-order chi connectivity index (χ0) is 20.8. The molecule has 0 amide bonds. The number of rotatable bonds is 4. The molecule has 9 heteroatoms. The maximum absolute atomic E-state index is 13.7. The number of benzene rings is 2. The first-order chi connectivity index (χ1) is 13.6. The summed E-state index contributed by atoms with van der Waals surface area (Å²) in [6.45, 7) is 0. The minimum Gasteiger partial charge on any atom is -0.405 e. The highest BCUT2D eigenvalue weighted by Gasteiger charge is 2.48. The van der Waals surface area contributed by atoms with Gasteiger partial charge in [0.05, 0.1) is 17.3 Å². The van der Waals surface area contributed by atoms with Crippen molar-refractivity contribution in [2.75, 3.05) is 5.32 Å². The fourth-order valence-electron chi connectivity index (χ4n) is 3.31. The van der Waals surface area contributed by atoms with E-state index in [1.807, 2.05) is 0 Å². The summed E-state index contributed by atoms with van der Waals surface area (Å²) in [6.07, 6.45) is -7.06. The van der Waals surface area contributed by atoms with Crippen LogP contribution in [0, 0.1) is 0 Å². The zero-order valence-corrected chi connectivity index (χ0v) is 14.5. The first-order valence-electron chi connectivity index (χ1n) is 8.41. The molecular weight excluding hydrogens is 398 g/mol. The lowest BCUT2D eigenvalue weighted by Crippen LogP contribution is -2.18. The van der Waals surface area contributed by atoms with Gasteiger partial charge < -0.3 is 10.1 Å². The highest BCUT2D eigenvalue weighted by atomic mass is 19.4. The summed E-state index contributed by atoms with van der Waals surface area (Å²) in [7, 11) is 0. The van der Waals surface area contributed by atoms with Crippen molar-refractivity contribution in [1.82, 2.24) is 4.98 Å². The third kappa shape index (κ3) is 3.85. The highest BCUT2D eigenvalue weighted by molar-refractivity contribution is 5.84. The van der Waals surface area contributed by atoms with Crippen LogP contribution >= 0.6 is 0 Å². The van der Waals surface area contributed by atoms with Crippen LogP contribution in [0.2, 0.25) is 0 Å². The number of fused-ring (bicyclic) bond motifs is 1. The van der Waals surface area contributed by atoms with Gasteiger partial charge in [0.15, 0.2) is 0 Å². The second kappa shape index (κ2) is 6.68. The summed E-state index contributed by atoms with van der Waals surface area (Å²) in [6, 6.07) is 10.5. The Balaban J connectivity index is 1.88. The summed E-state index contributed by atoms with van der Waals surface area (Å²) in [5.41, 5.74) is -0.474. The van der Waals surface area contributed by atoms with Crippen LogP contribution in [0.4, 0.5) is 32.0 Å². The van der Waals surface area contributed by atoms with Gasteiger partial charge in [-0.1, -0.05) is 30.3 Å². The van der Waals surface area contributed by atoms with Crippen molar-refractivity contribution in [1.29, 1.82) is 0 Å². The van der Waals surface area contributed by atoms with Crippen molar-refractivity contribution in [2.45, 2.75) is 18.6 Å². The fourth-order valence-corrected chi connectivity index (χ4v) is 3.31. The molecule has 4 rings (SSSR count). The summed E-state index contributed by atoms with van der Waals surface area (Å²) in [5, 5.41) is 2.92. The smallest absolute Gasteiger partial charge is 0.405 e. The number of hydrogen-bond donors (Lipinski definition) is 1. The first-order valence-corrected chi connectivity index (χ1v) is 8.41. The second-order valence-corrected chi connectivity index (χ2v) is 6.36. The molecule has 1 heterocycles. The second-order valence-electron chi connectivity index (χ2n) is 6.36. The number of pyridine rings is 1. The van der Waals surface area contributed by atoms with Crippen LogP contribution in [0.15, 0.2) is 60.9 Å². The van der Waals surface area contributed by atoms with E-state index >= 15 is 0 Å². The van der Waals surface area contributed by atoms with E-state index in [4.69, 9.17) is 0 Å². The Kier molecular flexibility index (Phi) is 4.40. The lowest BCUT2D eigenvalue weighted by molar-refractivity contribution is -0.274. The molecule has 0 saturated carbocycles. The number of alkyl halides is 6. The molecule has 0 fully saturated rings. The largest absolute Gasteiger partial charge is 0.573 e. The van der Waals surface area contributed by atoms with Crippen LogP contribution in [0.3, 0.4) is 0 Å². The molecular formula is C20H12F6N2O. The molecule has 1 aliphatic carbocycles. The van der Waals surface area contributed by atoms with Gasteiger partial charge in [0.25, 0.3) is 0 Å². The molecule has 1 aromatic heterocycles. The monoisotopic (exact) mass is 410 g/mol. The van der Waals surface area contributed by atoms with Crippen LogP contribution in [0.5, 0.6) is 5.75 Å². The summed E-state index contributed by atoms with van der Waals surface area (Å²) in [5.74, 6) is -0.860. The maximum Gasteiger partial charge on any atom is 0.573 e. The van der Waals surface area contributed by atoms with Gasteiger partial charge in [0, 0.05) is 23.5 Å². The van der Waals surface area contributed by atoms with E-state index in [0.717, 1.165) is 0 Å². The van der Waals surface area contributed by atoms with Gasteiger partial charge in [-0.3, -0.25) is 4.98 Å². The average molecular weight is 410 g/mol. The lowest BCUT2D eigenvalue weighted by atomic mass is 9.98.